The second-order valence-corrected chi connectivity index (χ2v) is 7.46. The number of rotatable bonds is 10. The quantitative estimate of drug-likeness (QED) is 0.336. The predicted molar refractivity (Wildman–Crippen MR) is 121 cm³/mol. The highest BCUT2D eigenvalue weighted by Gasteiger charge is 2.20. The molecule has 0 saturated carbocycles. The van der Waals surface area contributed by atoms with Crippen molar-refractivity contribution in [3.8, 4) is 6.07 Å². The molecule has 0 radical (unpaired) electrons. The van der Waals surface area contributed by atoms with Gasteiger partial charge < -0.3 is 19.9 Å². The first-order valence-corrected chi connectivity index (χ1v) is 10.5. The van der Waals surface area contributed by atoms with Crippen molar-refractivity contribution in [2.45, 2.75) is 40.2 Å². The molecule has 2 N–H and O–H groups in total. The zero-order chi connectivity index (χ0) is 24.5. The van der Waals surface area contributed by atoms with Gasteiger partial charge in [0.05, 0.1) is 0 Å². The van der Waals surface area contributed by atoms with E-state index >= 15 is 0 Å². The van der Waals surface area contributed by atoms with E-state index < -0.39 is 30.2 Å². The number of benzene rings is 1. The second kappa shape index (κ2) is 11.6. The van der Waals surface area contributed by atoms with E-state index in [9.17, 15) is 24.0 Å². The summed E-state index contributed by atoms with van der Waals surface area (Å²) < 4.78 is 20.4. The number of carbonyl (C=O) groups is 3. The molecule has 2 aromatic rings. The number of aryl methyl sites for hydroxylation is 1. The van der Waals surface area contributed by atoms with Crippen molar-refractivity contribution in [1.82, 2.24) is 4.57 Å². The molecule has 2 rings (SSSR count). The van der Waals surface area contributed by atoms with Crippen molar-refractivity contribution in [3.63, 3.8) is 0 Å². The van der Waals surface area contributed by atoms with E-state index in [4.69, 9.17) is 10.5 Å². The first kappa shape index (κ1) is 25.3. The number of esters is 1. The number of nitrogens with zero attached hydrogens (tertiary/aromatic N) is 3. The van der Waals surface area contributed by atoms with Crippen LogP contribution in [0.4, 0.5) is 10.1 Å². The Bertz CT molecular complexity index is 1100. The Morgan fingerprint density at radius 2 is 1.91 bits per heavy atom. The molecular formula is C24H27FN4O4. The van der Waals surface area contributed by atoms with Gasteiger partial charge in [0.1, 0.15) is 17.5 Å². The lowest BCUT2D eigenvalue weighted by atomic mass is 10.1. The number of nitriles is 1. The van der Waals surface area contributed by atoms with E-state index in [0.29, 0.717) is 5.69 Å². The number of aromatic nitrogens is 1. The Morgan fingerprint density at radius 3 is 2.48 bits per heavy atom. The van der Waals surface area contributed by atoms with Gasteiger partial charge in [-0.15, -0.1) is 0 Å². The van der Waals surface area contributed by atoms with E-state index in [1.807, 2.05) is 26.0 Å². The van der Waals surface area contributed by atoms with Crippen molar-refractivity contribution in [2.24, 2.45) is 5.73 Å². The number of primary amides is 1. The summed E-state index contributed by atoms with van der Waals surface area (Å²) in [6.07, 6.45) is 2.25. The maximum Gasteiger partial charge on any atom is 0.349 e. The van der Waals surface area contributed by atoms with Gasteiger partial charge in [0, 0.05) is 36.6 Å². The average molecular weight is 455 g/mol. The van der Waals surface area contributed by atoms with Crippen LogP contribution in [-0.2, 0) is 25.7 Å². The Labute approximate surface area is 192 Å². The molecule has 33 heavy (non-hydrogen) atoms. The zero-order valence-electron chi connectivity index (χ0n) is 18.9. The molecule has 0 aliphatic carbocycles. The van der Waals surface area contributed by atoms with Gasteiger partial charge >= 0.3 is 5.97 Å². The highest BCUT2D eigenvalue weighted by atomic mass is 19.1. The lowest BCUT2D eigenvalue weighted by Gasteiger charge is -2.22. The van der Waals surface area contributed by atoms with Crippen molar-refractivity contribution >= 4 is 29.5 Å². The highest BCUT2D eigenvalue weighted by molar-refractivity contribution is 6.01. The van der Waals surface area contributed by atoms with Gasteiger partial charge in [-0.05, 0) is 62.2 Å². The molecule has 2 amide bonds. The molecule has 0 spiro atoms. The molecule has 0 saturated heterocycles. The zero-order valence-corrected chi connectivity index (χ0v) is 18.9. The Balaban J connectivity index is 2.15. The fourth-order valence-electron chi connectivity index (χ4n) is 3.36. The van der Waals surface area contributed by atoms with E-state index in [2.05, 4.69) is 11.5 Å². The van der Waals surface area contributed by atoms with Gasteiger partial charge in [-0.3, -0.25) is 9.59 Å². The van der Waals surface area contributed by atoms with E-state index in [0.717, 1.165) is 42.0 Å². The van der Waals surface area contributed by atoms with Gasteiger partial charge in [0.2, 0.25) is 5.91 Å². The van der Waals surface area contributed by atoms with E-state index in [1.54, 1.807) is 0 Å². The molecule has 0 aliphatic rings. The number of hydrogen-bond acceptors (Lipinski definition) is 5. The molecule has 0 bridgehead atoms. The molecule has 0 unspecified atom stereocenters. The minimum absolute atomic E-state index is 0.0677. The molecule has 8 nitrogen and oxygen atoms in total. The molecular weight excluding hydrogens is 427 g/mol. The predicted octanol–water partition coefficient (Wildman–Crippen LogP) is 3.01. The normalized spacial score (nSPS) is 11.1. The first-order valence-electron chi connectivity index (χ1n) is 10.5. The van der Waals surface area contributed by atoms with Crippen LogP contribution in [0.5, 0.6) is 0 Å². The van der Waals surface area contributed by atoms with Gasteiger partial charge in [-0.25, -0.2) is 9.18 Å². The van der Waals surface area contributed by atoms with Crippen molar-refractivity contribution in [3.05, 3.63) is 58.7 Å². The average Bonchev–Trinajstić information content (AvgIpc) is 3.04. The van der Waals surface area contributed by atoms with Crippen LogP contribution in [0.25, 0.3) is 6.08 Å². The lowest BCUT2D eigenvalue weighted by Crippen LogP contribution is -2.37. The summed E-state index contributed by atoms with van der Waals surface area (Å²) >= 11 is 0. The first-order chi connectivity index (χ1) is 15.7. The van der Waals surface area contributed by atoms with Crippen LogP contribution in [0.1, 0.15) is 36.7 Å². The number of amides is 2. The van der Waals surface area contributed by atoms with Crippen LogP contribution in [0.3, 0.4) is 0 Å². The number of nitrogens with two attached hydrogens (primary N) is 1. The summed E-state index contributed by atoms with van der Waals surface area (Å²) in [4.78, 5) is 37.5. The Morgan fingerprint density at radius 1 is 1.24 bits per heavy atom. The molecule has 0 atom stereocenters. The number of ether oxygens (including phenoxy) is 1. The van der Waals surface area contributed by atoms with Crippen LogP contribution >= 0.6 is 0 Å². The molecule has 1 aromatic heterocycles. The van der Waals surface area contributed by atoms with E-state index in [1.165, 1.54) is 23.1 Å². The lowest BCUT2D eigenvalue weighted by molar-refractivity contribution is -0.143. The molecule has 9 heteroatoms. The molecule has 174 valence electrons. The largest absolute Gasteiger partial charge is 0.451 e. The monoisotopic (exact) mass is 454 g/mol. The third kappa shape index (κ3) is 6.77. The summed E-state index contributed by atoms with van der Waals surface area (Å²) in [5.74, 6) is -2.70. The van der Waals surface area contributed by atoms with Crippen molar-refractivity contribution in [1.29, 1.82) is 5.26 Å². The van der Waals surface area contributed by atoms with Crippen LogP contribution < -0.4 is 10.6 Å². The Hall–Kier alpha value is -3.93. The fraction of sp³-hybridized carbons (Fsp3) is 0.333. The second-order valence-electron chi connectivity index (χ2n) is 7.46. The minimum Gasteiger partial charge on any atom is -0.451 e. The molecule has 0 aliphatic heterocycles. The number of anilines is 1. The van der Waals surface area contributed by atoms with Crippen LogP contribution in [0.15, 0.2) is 35.9 Å². The summed E-state index contributed by atoms with van der Waals surface area (Å²) in [5.41, 5.74) is 7.88. The van der Waals surface area contributed by atoms with Gasteiger partial charge in [0.15, 0.2) is 6.61 Å². The number of hydrogen-bond donors (Lipinski definition) is 1. The van der Waals surface area contributed by atoms with E-state index in [-0.39, 0.29) is 18.5 Å². The fourth-order valence-corrected chi connectivity index (χ4v) is 3.36. The molecule has 0 fully saturated rings. The summed E-state index contributed by atoms with van der Waals surface area (Å²) in [5, 5.41) is 9.44. The maximum absolute atomic E-state index is 13.2. The SMILES string of the molecule is CCCn1c(C)cc(/C=C(\C#N)C(=O)OCC(=O)N(CCC(N)=O)c2ccc(F)cc2)c1C. The minimum atomic E-state index is -0.944. The van der Waals surface area contributed by atoms with Crippen LogP contribution in [-0.4, -0.2) is 35.5 Å². The van der Waals surface area contributed by atoms with Gasteiger partial charge in [-0.2, -0.15) is 5.26 Å². The topological polar surface area (TPSA) is 118 Å². The summed E-state index contributed by atoms with van der Waals surface area (Å²) in [6.45, 7) is 5.99. The maximum atomic E-state index is 13.2. The van der Waals surface area contributed by atoms with Crippen molar-refractivity contribution < 1.29 is 23.5 Å². The summed E-state index contributed by atoms with van der Waals surface area (Å²) in [7, 11) is 0. The third-order valence-electron chi connectivity index (χ3n) is 5.05. The van der Waals surface area contributed by atoms with Crippen LogP contribution in [0.2, 0.25) is 0 Å². The summed E-state index contributed by atoms with van der Waals surface area (Å²) in [6, 6.07) is 8.75. The number of halogens is 1. The number of carbonyl (C=O) groups excluding carboxylic acids is 3. The highest BCUT2D eigenvalue weighted by Crippen LogP contribution is 2.20. The standard InChI is InChI=1S/C24H27FN4O4/c1-4-10-28-16(2)12-18(17(28)3)13-19(14-26)24(32)33-15-23(31)29(11-9-22(27)30)21-7-5-20(25)6-8-21/h5-8,12-13H,4,9-11,15H2,1-3H3,(H2,27,30)/b19-13+. The van der Waals surface area contributed by atoms with Crippen LogP contribution in [0, 0.1) is 31.0 Å². The Kier molecular flexibility index (Phi) is 8.92. The third-order valence-corrected chi connectivity index (χ3v) is 5.05. The van der Waals surface area contributed by atoms with Gasteiger partial charge in [-0.1, -0.05) is 6.92 Å². The molecule has 1 heterocycles. The van der Waals surface area contributed by atoms with Crippen molar-refractivity contribution in [2.75, 3.05) is 18.1 Å². The van der Waals surface area contributed by atoms with Gasteiger partial charge in [0.25, 0.3) is 5.91 Å². The smallest absolute Gasteiger partial charge is 0.349 e. The molecule has 1 aromatic carbocycles.